The van der Waals surface area contributed by atoms with Crippen LogP contribution in [0.2, 0.25) is 0 Å². The minimum Gasteiger partial charge on any atom is -0.393 e. The van der Waals surface area contributed by atoms with Crippen molar-refractivity contribution in [3.63, 3.8) is 0 Å². The Morgan fingerprint density at radius 1 is 1.12 bits per heavy atom. The van der Waals surface area contributed by atoms with E-state index in [4.69, 9.17) is 8.22 Å². The maximum absolute atomic E-state index is 14.3. The van der Waals surface area contributed by atoms with E-state index in [2.05, 4.69) is 13.5 Å². The van der Waals surface area contributed by atoms with Gasteiger partial charge in [0.05, 0.1) is 11.7 Å². The SMILES string of the molecule is [2H]C([2H])([2H])C(O)(CCC[C@](C)(C/C=C/C(O)(F)C(F)(F)F)[C@H]1CCC2/C(=C/C=C3/C[C@@H](O)C[C@H](F)C3=C)CCC[C@@]21C)C([2H])([2H])[2H]. The summed E-state index contributed by atoms with van der Waals surface area (Å²) in [5.41, 5.74) is -2.20. The molecular weight excluding hydrogens is 527 g/mol. The van der Waals surface area contributed by atoms with E-state index in [9.17, 15) is 37.3 Å². The van der Waals surface area contributed by atoms with Gasteiger partial charge in [0.1, 0.15) is 6.17 Å². The summed E-state index contributed by atoms with van der Waals surface area (Å²) in [6, 6.07) is 0. The van der Waals surface area contributed by atoms with Crippen LogP contribution in [-0.4, -0.2) is 45.2 Å². The number of allylic oxidation sites excluding steroid dienone is 5. The molecule has 40 heavy (non-hydrogen) atoms. The molecule has 0 radical (unpaired) electrons. The fraction of sp³-hybridized carbons (Fsp3) is 0.750. The van der Waals surface area contributed by atoms with Gasteiger partial charge in [0, 0.05) is 14.6 Å². The van der Waals surface area contributed by atoms with Crippen LogP contribution in [0, 0.1) is 22.7 Å². The van der Waals surface area contributed by atoms with Gasteiger partial charge in [-0.25, -0.2) is 4.39 Å². The monoisotopic (exact) mass is 580 g/mol. The van der Waals surface area contributed by atoms with Gasteiger partial charge in [0.2, 0.25) is 0 Å². The third-order valence-corrected chi connectivity index (χ3v) is 9.64. The quantitative estimate of drug-likeness (QED) is 0.190. The fourth-order valence-corrected chi connectivity index (χ4v) is 7.56. The summed E-state index contributed by atoms with van der Waals surface area (Å²) in [5, 5.41) is 30.2. The third-order valence-electron chi connectivity index (χ3n) is 9.64. The highest BCUT2D eigenvalue weighted by atomic mass is 19.4. The molecule has 3 nitrogen and oxygen atoms in total. The molecule has 3 saturated carbocycles. The van der Waals surface area contributed by atoms with Crippen molar-refractivity contribution in [2.24, 2.45) is 22.7 Å². The number of rotatable bonds is 9. The van der Waals surface area contributed by atoms with Crippen molar-refractivity contribution in [1.82, 2.24) is 0 Å². The van der Waals surface area contributed by atoms with Gasteiger partial charge in [-0.3, -0.25) is 0 Å². The number of alkyl halides is 5. The van der Waals surface area contributed by atoms with Crippen LogP contribution in [0.15, 0.2) is 47.6 Å². The summed E-state index contributed by atoms with van der Waals surface area (Å²) in [4.78, 5) is 0. The molecule has 0 heterocycles. The lowest BCUT2D eigenvalue weighted by Gasteiger charge is -2.49. The smallest absolute Gasteiger partial charge is 0.393 e. The minimum atomic E-state index is -5.56. The first-order valence-corrected chi connectivity index (χ1v) is 14.1. The predicted octanol–water partition coefficient (Wildman–Crippen LogP) is 8.22. The summed E-state index contributed by atoms with van der Waals surface area (Å²) in [7, 11) is 0. The molecule has 0 spiro atoms. The Balaban J connectivity index is 1.95. The zero-order valence-corrected chi connectivity index (χ0v) is 23.3. The van der Waals surface area contributed by atoms with Gasteiger partial charge in [-0.05, 0) is 111 Å². The van der Waals surface area contributed by atoms with E-state index in [1.807, 2.05) is 6.08 Å². The molecule has 3 aliphatic rings. The Morgan fingerprint density at radius 2 is 1.82 bits per heavy atom. The summed E-state index contributed by atoms with van der Waals surface area (Å²) in [6.45, 7) is 1.26. The molecule has 3 N–H and O–H groups in total. The first kappa shape index (κ1) is 25.0. The van der Waals surface area contributed by atoms with E-state index in [0.717, 1.165) is 37.3 Å². The van der Waals surface area contributed by atoms with Gasteiger partial charge >= 0.3 is 12.0 Å². The van der Waals surface area contributed by atoms with Crippen molar-refractivity contribution in [3.8, 4) is 0 Å². The first-order chi connectivity index (χ1) is 20.8. The summed E-state index contributed by atoms with van der Waals surface area (Å²) in [5.74, 6) is -4.69. The summed E-state index contributed by atoms with van der Waals surface area (Å²) in [6.07, 6.45) is 0.290. The van der Waals surface area contributed by atoms with Crippen molar-refractivity contribution in [2.45, 2.75) is 128 Å². The fourth-order valence-electron chi connectivity index (χ4n) is 7.56. The lowest BCUT2D eigenvalue weighted by Crippen LogP contribution is -2.42. The van der Waals surface area contributed by atoms with E-state index in [1.54, 1.807) is 13.0 Å². The largest absolute Gasteiger partial charge is 0.452 e. The van der Waals surface area contributed by atoms with Crippen molar-refractivity contribution in [3.05, 3.63) is 47.6 Å². The molecule has 0 aromatic carbocycles. The van der Waals surface area contributed by atoms with Crippen molar-refractivity contribution in [1.29, 1.82) is 0 Å². The molecule has 228 valence electrons. The van der Waals surface area contributed by atoms with Crippen molar-refractivity contribution < 1.29 is 45.5 Å². The number of aliphatic hydroxyl groups excluding tert-OH is 1. The molecule has 0 aromatic rings. The normalized spacial score (nSPS) is 38.1. The molecule has 8 heteroatoms. The highest BCUT2D eigenvalue weighted by molar-refractivity contribution is 5.39. The molecule has 3 rings (SSSR count). The zero-order chi connectivity index (χ0) is 35.1. The van der Waals surface area contributed by atoms with Gasteiger partial charge in [0.25, 0.3) is 0 Å². The topological polar surface area (TPSA) is 60.7 Å². The van der Waals surface area contributed by atoms with Crippen LogP contribution in [0.1, 0.15) is 106 Å². The second-order valence-corrected chi connectivity index (χ2v) is 12.7. The van der Waals surface area contributed by atoms with Crippen LogP contribution in [-0.2, 0) is 0 Å². The predicted molar refractivity (Wildman–Crippen MR) is 148 cm³/mol. The molecule has 7 atom stereocenters. The highest BCUT2D eigenvalue weighted by Gasteiger charge is 2.56. The van der Waals surface area contributed by atoms with Crippen LogP contribution >= 0.6 is 0 Å². The maximum atomic E-state index is 14.3. The molecule has 0 amide bonds. The Hall–Kier alpha value is -1.51. The summed E-state index contributed by atoms with van der Waals surface area (Å²) >= 11 is 0. The standard InChI is InChI=1S/C32H47F5O3/c1-21-23(19-24(38)20-26(21)33)11-10-22-9-6-17-30(5)25(22)12-13-27(30)29(4,15-7-14-28(2,3)39)16-8-18-31(34,40)32(35,36)37/h8,10-11,18,24-27,38-40H,1,6-7,9,12-17,19-20H2,2-5H3/b18-8+,22-10+,23-11-/t24-,25?,26+,27-,29-,30+,31?/m1/s1/i2D3,3D3. The molecule has 3 fully saturated rings. The second-order valence-electron chi connectivity index (χ2n) is 12.7. The van der Waals surface area contributed by atoms with Crippen LogP contribution in [0.25, 0.3) is 0 Å². The number of hydrogen-bond acceptors (Lipinski definition) is 3. The lowest BCUT2D eigenvalue weighted by molar-refractivity contribution is -0.290. The number of halogens is 5. The lowest BCUT2D eigenvalue weighted by atomic mass is 9.55. The number of hydrogen-bond donors (Lipinski definition) is 3. The van der Waals surface area contributed by atoms with Gasteiger partial charge < -0.3 is 15.3 Å². The van der Waals surface area contributed by atoms with Crippen molar-refractivity contribution in [2.75, 3.05) is 0 Å². The molecular formula is C32H47F5O3. The third kappa shape index (κ3) is 7.46. The molecule has 0 bridgehead atoms. The van der Waals surface area contributed by atoms with Crippen LogP contribution in [0.3, 0.4) is 0 Å². The van der Waals surface area contributed by atoms with E-state index in [1.165, 1.54) is 0 Å². The number of aliphatic hydroxyl groups is 3. The Kier molecular flexibility index (Phi) is 7.51. The summed E-state index contributed by atoms with van der Waals surface area (Å²) < 4.78 is 114. The Bertz CT molecular complexity index is 1190. The van der Waals surface area contributed by atoms with Crippen LogP contribution < -0.4 is 0 Å². The molecule has 0 saturated heterocycles. The Morgan fingerprint density at radius 3 is 2.48 bits per heavy atom. The van der Waals surface area contributed by atoms with Crippen molar-refractivity contribution >= 4 is 0 Å². The average Bonchev–Trinajstić information content (AvgIpc) is 3.26. The van der Waals surface area contributed by atoms with Crippen LogP contribution in [0.4, 0.5) is 22.0 Å². The van der Waals surface area contributed by atoms with E-state index >= 15 is 0 Å². The number of fused-ring (bicyclic) bond motifs is 1. The molecule has 2 unspecified atom stereocenters. The van der Waals surface area contributed by atoms with E-state index in [-0.39, 0.29) is 50.0 Å². The van der Waals surface area contributed by atoms with Gasteiger partial charge in [-0.15, -0.1) is 0 Å². The Labute approximate surface area is 244 Å². The van der Waals surface area contributed by atoms with Crippen LogP contribution in [0.5, 0.6) is 0 Å². The molecule has 0 aromatic heterocycles. The van der Waals surface area contributed by atoms with E-state index in [0.29, 0.717) is 17.6 Å². The van der Waals surface area contributed by atoms with Gasteiger partial charge in [0.15, 0.2) is 0 Å². The van der Waals surface area contributed by atoms with E-state index < -0.39 is 60.9 Å². The second kappa shape index (κ2) is 12.0. The highest BCUT2D eigenvalue weighted by Crippen LogP contribution is 2.64. The minimum absolute atomic E-state index is 0.00104. The first-order valence-electron chi connectivity index (χ1n) is 17.1. The molecule has 3 aliphatic carbocycles. The molecule has 0 aliphatic heterocycles. The average molecular weight is 581 g/mol. The zero-order valence-electron chi connectivity index (χ0n) is 29.3. The van der Waals surface area contributed by atoms with Gasteiger partial charge in [-0.2, -0.15) is 17.6 Å². The van der Waals surface area contributed by atoms with Gasteiger partial charge in [-0.1, -0.05) is 50.6 Å². The maximum Gasteiger partial charge on any atom is 0.452 e.